The monoisotopic (exact) mass is 971 g/mol. The van der Waals surface area contributed by atoms with E-state index in [2.05, 4.69) is 44.5 Å². The number of rotatable bonds is 22. The summed E-state index contributed by atoms with van der Waals surface area (Å²) in [5.74, 6) is -1.78. The van der Waals surface area contributed by atoms with Crippen LogP contribution in [0.4, 0.5) is 39.8 Å². The van der Waals surface area contributed by atoms with Gasteiger partial charge in [-0.25, -0.2) is 27.4 Å². The number of nitrogens with zero attached hydrogens (tertiary/aromatic N) is 4. The zero-order valence-electron chi connectivity index (χ0n) is 30.1. The molecule has 0 aliphatic rings. The van der Waals surface area contributed by atoms with E-state index >= 15 is 0 Å². The quantitative estimate of drug-likeness (QED) is 0.0104. The van der Waals surface area contributed by atoms with Crippen molar-refractivity contribution >= 4 is 110 Å². The molecule has 0 spiro atoms. The first-order valence-electron chi connectivity index (χ1n) is 15.8. The molecule has 0 unspecified atom stereocenters. The van der Waals surface area contributed by atoms with Gasteiger partial charge in [0.1, 0.15) is 26.9 Å². The molecule has 9 N–H and O–H groups in total. The Kier molecular flexibility index (Phi) is 17.1. The number of nitrogens with one attached hydrogen (secondary N) is 1. The third-order valence-corrected chi connectivity index (χ3v) is 13.3. The summed E-state index contributed by atoms with van der Waals surface area (Å²) in [4.78, 5) is 10.2. The third kappa shape index (κ3) is 13.9. The van der Waals surface area contributed by atoms with Gasteiger partial charge in [-0.2, -0.15) is 21.9 Å². The molecule has 0 aliphatic heterocycles. The van der Waals surface area contributed by atoms with Gasteiger partial charge in [-0.1, -0.05) is 10.1 Å². The largest absolute Gasteiger partial charge is 0.396 e. The van der Waals surface area contributed by atoms with Gasteiger partial charge in [0.25, 0.3) is 26.1 Å². The summed E-state index contributed by atoms with van der Waals surface area (Å²) in [5.41, 5.74) is 9.56. The van der Waals surface area contributed by atoms with Gasteiger partial charge in [-0.05, 0) is 72.8 Å². The number of carbonyl (C=O) groups is 1. The van der Waals surface area contributed by atoms with Crippen LogP contribution in [0.1, 0.15) is 10.4 Å². The van der Waals surface area contributed by atoms with E-state index in [-0.39, 0.29) is 53.1 Å². The lowest BCUT2D eigenvalue weighted by molar-refractivity contribution is -0.434. The van der Waals surface area contributed by atoms with Gasteiger partial charge in [-0.3, -0.25) is 22.3 Å². The molecule has 0 aliphatic carbocycles. The molecule has 0 atom stereocenters. The van der Waals surface area contributed by atoms with Gasteiger partial charge < -0.3 is 16.8 Å². The molecule has 0 bridgehead atoms. The van der Waals surface area contributed by atoms with E-state index in [0.717, 1.165) is 12.1 Å². The first-order valence-corrected chi connectivity index (χ1v) is 23.3. The topological polar surface area (TPSA) is 403 Å². The van der Waals surface area contributed by atoms with Gasteiger partial charge in [-0.15, -0.1) is 24.0 Å². The molecule has 0 aromatic heterocycles. The van der Waals surface area contributed by atoms with Crippen LogP contribution in [0.3, 0.4) is 0 Å². The molecule has 4 aromatic rings. The van der Waals surface area contributed by atoms with Crippen molar-refractivity contribution in [2.75, 3.05) is 41.5 Å². The van der Waals surface area contributed by atoms with E-state index < -0.39 is 107 Å². The minimum absolute atomic E-state index is 0.0637. The van der Waals surface area contributed by atoms with Crippen LogP contribution in [0.25, 0.3) is 0 Å². The molecule has 4 rings (SSSR count). The number of sulfone groups is 2. The highest BCUT2D eigenvalue weighted by Crippen LogP contribution is 2.43. The van der Waals surface area contributed by atoms with E-state index in [4.69, 9.17) is 30.3 Å². The van der Waals surface area contributed by atoms with Crippen LogP contribution in [0, 0.1) is 0 Å². The maximum atomic E-state index is 12.9. The first kappa shape index (κ1) is 48.9. The Morgan fingerprint density at radius 3 is 1.69 bits per heavy atom. The summed E-state index contributed by atoms with van der Waals surface area (Å²) in [7, 11) is -18.3. The van der Waals surface area contributed by atoms with Gasteiger partial charge in [0.05, 0.1) is 51.6 Å². The van der Waals surface area contributed by atoms with Gasteiger partial charge >= 0.3 is 0 Å². The highest BCUT2D eigenvalue weighted by molar-refractivity contribution is 7.92. The van der Waals surface area contributed by atoms with E-state index in [1.165, 1.54) is 48.5 Å². The fraction of sp³-hybridized carbons (Fsp3) is 0.138. The number of anilines is 3. The van der Waals surface area contributed by atoms with Gasteiger partial charge in [0, 0.05) is 11.3 Å². The summed E-state index contributed by atoms with van der Waals surface area (Å²) < 4.78 is 136. The lowest BCUT2D eigenvalue weighted by Crippen LogP contribution is -2.13. The molecule has 0 saturated carbocycles. The molecular formula is C29H29N7O19S6. The number of nitrogens with two attached hydrogens (primary N) is 2. The van der Waals surface area contributed by atoms with E-state index in [1.807, 2.05) is 0 Å². The molecule has 1 amide bonds. The zero-order chi connectivity index (χ0) is 45.0. The normalized spacial score (nSPS) is 12.7. The summed E-state index contributed by atoms with van der Waals surface area (Å²) in [6.45, 7) is -0.822. The van der Waals surface area contributed by atoms with Crippen molar-refractivity contribution in [2.45, 2.75) is 19.6 Å². The molecule has 0 heterocycles. The minimum atomic E-state index is -5.18. The smallest absolute Gasteiger partial charge is 0.296 e. The van der Waals surface area contributed by atoms with Crippen LogP contribution < -0.4 is 16.8 Å². The SMILES string of the molecule is Nc1c(N=Nc2ccc(S(=O)(=O)CCOSOOO)cc2S(=O)(=O)O)cc(S(=O)(=O)O)c(N)c1N=Nc1ccc(C(=O)Nc2ccc(S(=O)(=O)CCOSOOO)cc2)cc1. The Balaban J connectivity index is 1.55. The van der Waals surface area contributed by atoms with Crippen LogP contribution >= 0.6 is 24.6 Å². The number of azo groups is 2. The Hall–Kier alpha value is -4.75. The average Bonchev–Trinajstić information content (AvgIpc) is 3.19. The van der Waals surface area contributed by atoms with Crippen LogP contribution in [-0.4, -0.2) is 83.9 Å². The molecular weight excluding hydrogens is 943 g/mol. The fourth-order valence-corrected chi connectivity index (χ4v) is 8.74. The Labute approximate surface area is 353 Å². The van der Waals surface area contributed by atoms with E-state index in [1.54, 1.807) is 0 Å². The minimum Gasteiger partial charge on any atom is -0.396 e. The van der Waals surface area contributed by atoms with Crippen molar-refractivity contribution in [2.24, 2.45) is 20.5 Å². The standard InChI is InChI=1S/C29H29N7O19S6/c30-26-23(35-34-22-10-9-21(15-24(22)60(44,45)46)59(42,43)14-12-51-57-55-53-39)16-25(61(47,48)49)27(31)28(26)36-33-19-3-1-17(2-4-19)29(37)32-18-5-7-20(8-6-18)58(40,41)13-11-50-56-54-52-38/h1-10,15-16,38-39H,11-14,30-31H2,(H,32,37)(H,44,45,46)(H,47,48,49). The zero-order valence-corrected chi connectivity index (χ0v) is 35.0. The molecule has 330 valence electrons. The average molecular weight is 972 g/mol. The number of benzene rings is 4. The number of amides is 1. The first-order chi connectivity index (χ1) is 28.7. The fourth-order valence-electron chi connectivity index (χ4n) is 4.54. The third-order valence-electron chi connectivity index (χ3n) is 7.38. The summed E-state index contributed by atoms with van der Waals surface area (Å²) in [6, 6.07) is 13.5. The van der Waals surface area contributed by atoms with Gasteiger partial charge in [0.15, 0.2) is 44.3 Å². The molecule has 26 nitrogen and oxygen atoms in total. The van der Waals surface area contributed by atoms with Crippen LogP contribution in [0.15, 0.2) is 113 Å². The van der Waals surface area contributed by atoms with Crippen molar-refractivity contribution in [1.29, 1.82) is 0 Å². The Morgan fingerprint density at radius 2 is 1.15 bits per heavy atom. The molecule has 61 heavy (non-hydrogen) atoms. The van der Waals surface area contributed by atoms with Crippen molar-refractivity contribution < 1.29 is 85.2 Å². The van der Waals surface area contributed by atoms with Crippen LogP contribution in [0.2, 0.25) is 0 Å². The van der Waals surface area contributed by atoms with Crippen molar-refractivity contribution in [1.82, 2.24) is 0 Å². The van der Waals surface area contributed by atoms with Crippen molar-refractivity contribution in [3.8, 4) is 0 Å². The second-order valence-corrected chi connectivity index (χ2v) is 19.3. The summed E-state index contributed by atoms with van der Waals surface area (Å²) in [6.07, 6.45) is 0. The maximum Gasteiger partial charge on any atom is 0.296 e. The highest BCUT2D eigenvalue weighted by Gasteiger charge is 2.25. The molecule has 0 saturated heterocycles. The summed E-state index contributed by atoms with van der Waals surface area (Å²) >= 11 is 0.319. The number of hydrogen-bond donors (Lipinski definition) is 7. The number of hydrogen-bond acceptors (Lipinski definition) is 25. The van der Waals surface area contributed by atoms with Crippen LogP contribution in [-0.2, 0) is 67.0 Å². The van der Waals surface area contributed by atoms with E-state index in [9.17, 15) is 47.6 Å². The lowest BCUT2D eigenvalue weighted by Gasteiger charge is -2.11. The van der Waals surface area contributed by atoms with Crippen molar-refractivity contribution in [3.05, 3.63) is 78.4 Å². The number of nitrogen functional groups attached to an aromatic ring is 2. The molecule has 0 radical (unpaired) electrons. The highest BCUT2D eigenvalue weighted by atomic mass is 32.2. The molecule has 0 fully saturated rings. The Bertz CT molecular complexity index is 2720. The maximum absolute atomic E-state index is 12.9. The summed E-state index contributed by atoms with van der Waals surface area (Å²) in [5, 5.41) is 40.5. The van der Waals surface area contributed by atoms with Crippen LogP contribution in [0.5, 0.6) is 0 Å². The predicted octanol–water partition coefficient (Wildman–Crippen LogP) is 4.98. The second-order valence-electron chi connectivity index (χ2n) is 11.3. The Morgan fingerprint density at radius 1 is 0.623 bits per heavy atom. The second kappa shape index (κ2) is 21.4. The van der Waals surface area contributed by atoms with E-state index in [0.29, 0.717) is 12.1 Å². The van der Waals surface area contributed by atoms with Gasteiger partial charge in [0.2, 0.25) is 0 Å². The number of carbonyl (C=O) groups excluding carboxylic acids is 1. The lowest BCUT2D eigenvalue weighted by atomic mass is 10.2. The molecule has 4 aromatic carbocycles. The predicted molar refractivity (Wildman–Crippen MR) is 211 cm³/mol. The molecule has 32 heteroatoms. The van der Waals surface area contributed by atoms with Crippen molar-refractivity contribution in [3.63, 3.8) is 0 Å².